The van der Waals surface area contributed by atoms with Crippen molar-refractivity contribution in [2.24, 2.45) is 0 Å². The molecule has 0 saturated carbocycles. The van der Waals surface area contributed by atoms with Crippen LogP contribution in [0.4, 0.5) is 0 Å². The molecule has 0 bridgehead atoms. The highest BCUT2D eigenvalue weighted by molar-refractivity contribution is 5.90. The van der Waals surface area contributed by atoms with E-state index in [-0.39, 0.29) is 24.5 Å². The molecule has 0 spiro atoms. The Balaban J connectivity index is 2.98. The van der Waals surface area contributed by atoms with Crippen molar-refractivity contribution in [1.82, 2.24) is 0 Å². The highest BCUT2D eigenvalue weighted by Crippen LogP contribution is 2.02. The summed E-state index contributed by atoms with van der Waals surface area (Å²) in [7, 11) is 0. The van der Waals surface area contributed by atoms with Gasteiger partial charge < -0.3 is 13.9 Å². The summed E-state index contributed by atoms with van der Waals surface area (Å²) in [4.78, 5) is 34.0. The van der Waals surface area contributed by atoms with Gasteiger partial charge in [-0.05, 0) is 13.8 Å². The summed E-state index contributed by atoms with van der Waals surface area (Å²) < 4.78 is 14.1. The molecule has 0 radical (unpaired) electrons. The number of hydrogen-bond donors (Lipinski definition) is 0. The molecule has 0 aliphatic rings. The molecule has 6 heteroatoms. The lowest BCUT2D eigenvalue weighted by Crippen LogP contribution is -2.18. The SMILES string of the molecule is CCOC(=O)c1cc(=O)c(C(=O)OCC)co1. The third-order valence-electron chi connectivity index (χ3n) is 1.80. The average Bonchev–Trinajstić information content (AvgIpc) is 2.29. The predicted molar refractivity (Wildman–Crippen MR) is 56.9 cm³/mol. The standard InChI is InChI=1S/C11H12O6/c1-3-15-10(13)7-6-17-9(5-8(7)12)11(14)16-4-2/h5-6H,3-4H2,1-2H3. The van der Waals surface area contributed by atoms with E-state index in [4.69, 9.17) is 4.42 Å². The number of carbonyl (C=O) groups excluding carboxylic acids is 2. The maximum atomic E-state index is 11.5. The summed E-state index contributed by atoms with van der Waals surface area (Å²) in [5.74, 6) is -1.78. The molecular formula is C11H12O6. The lowest BCUT2D eigenvalue weighted by Gasteiger charge is -2.02. The largest absolute Gasteiger partial charge is 0.462 e. The Hall–Kier alpha value is -2.11. The van der Waals surface area contributed by atoms with Crippen LogP contribution in [0.5, 0.6) is 0 Å². The van der Waals surface area contributed by atoms with Crippen LogP contribution in [0.25, 0.3) is 0 Å². The molecule has 6 nitrogen and oxygen atoms in total. The summed E-state index contributed by atoms with van der Waals surface area (Å²) >= 11 is 0. The Bertz CT molecular complexity index is 473. The van der Waals surface area contributed by atoms with Crippen LogP contribution in [0.15, 0.2) is 21.5 Å². The van der Waals surface area contributed by atoms with Crippen molar-refractivity contribution in [2.75, 3.05) is 13.2 Å². The average molecular weight is 240 g/mol. The fourth-order valence-corrected chi connectivity index (χ4v) is 1.08. The van der Waals surface area contributed by atoms with Crippen molar-refractivity contribution in [3.05, 3.63) is 33.9 Å². The van der Waals surface area contributed by atoms with Crippen LogP contribution in [0.2, 0.25) is 0 Å². The second kappa shape index (κ2) is 5.83. The van der Waals surface area contributed by atoms with Crippen LogP contribution in [-0.4, -0.2) is 25.2 Å². The molecule has 17 heavy (non-hydrogen) atoms. The van der Waals surface area contributed by atoms with Crippen molar-refractivity contribution >= 4 is 11.9 Å². The molecule has 92 valence electrons. The van der Waals surface area contributed by atoms with Gasteiger partial charge in [-0.2, -0.15) is 0 Å². The quantitative estimate of drug-likeness (QED) is 0.730. The van der Waals surface area contributed by atoms with Gasteiger partial charge in [0.1, 0.15) is 11.8 Å². The second-order valence-corrected chi connectivity index (χ2v) is 2.96. The minimum Gasteiger partial charge on any atom is -0.462 e. The molecule has 0 N–H and O–H groups in total. The third kappa shape index (κ3) is 3.17. The number of hydrogen-bond acceptors (Lipinski definition) is 6. The van der Waals surface area contributed by atoms with Crippen LogP contribution < -0.4 is 5.43 Å². The molecule has 1 aromatic heterocycles. The van der Waals surface area contributed by atoms with E-state index in [0.29, 0.717) is 0 Å². The Labute approximate surface area is 97.1 Å². The summed E-state index contributed by atoms with van der Waals surface area (Å²) in [6.07, 6.45) is 0.895. The summed E-state index contributed by atoms with van der Waals surface area (Å²) in [6, 6.07) is 0.907. The molecule has 0 aromatic carbocycles. The van der Waals surface area contributed by atoms with Crippen molar-refractivity contribution in [3.63, 3.8) is 0 Å². The van der Waals surface area contributed by atoms with E-state index in [1.807, 2.05) is 0 Å². The van der Waals surface area contributed by atoms with E-state index in [0.717, 1.165) is 12.3 Å². The van der Waals surface area contributed by atoms with E-state index in [2.05, 4.69) is 9.47 Å². The molecule has 1 aromatic rings. The van der Waals surface area contributed by atoms with Gasteiger partial charge >= 0.3 is 11.9 Å². The topological polar surface area (TPSA) is 82.8 Å². The fraction of sp³-hybridized carbons (Fsp3) is 0.364. The number of esters is 2. The normalized spacial score (nSPS) is 9.76. The molecule has 0 aliphatic carbocycles. The number of carbonyl (C=O) groups is 2. The van der Waals surface area contributed by atoms with E-state index >= 15 is 0 Å². The molecule has 0 unspecified atom stereocenters. The zero-order valence-corrected chi connectivity index (χ0v) is 9.52. The van der Waals surface area contributed by atoms with E-state index in [1.54, 1.807) is 13.8 Å². The first-order chi connectivity index (χ1) is 8.10. The number of rotatable bonds is 4. The molecule has 0 fully saturated rings. The van der Waals surface area contributed by atoms with Crippen molar-refractivity contribution in [2.45, 2.75) is 13.8 Å². The second-order valence-electron chi connectivity index (χ2n) is 2.96. The van der Waals surface area contributed by atoms with Crippen LogP contribution in [0.3, 0.4) is 0 Å². The zero-order chi connectivity index (χ0) is 12.8. The maximum absolute atomic E-state index is 11.5. The minimum absolute atomic E-state index is 0.151. The van der Waals surface area contributed by atoms with Gasteiger partial charge in [0.25, 0.3) is 0 Å². The summed E-state index contributed by atoms with van der Waals surface area (Å²) in [6.45, 7) is 3.57. The maximum Gasteiger partial charge on any atom is 0.374 e. The Morgan fingerprint density at radius 2 is 1.76 bits per heavy atom. The van der Waals surface area contributed by atoms with Gasteiger partial charge in [-0.1, -0.05) is 0 Å². The van der Waals surface area contributed by atoms with E-state index < -0.39 is 17.4 Å². The Morgan fingerprint density at radius 3 is 2.29 bits per heavy atom. The first-order valence-corrected chi connectivity index (χ1v) is 5.07. The molecular weight excluding hydrogens is 228 g/mol. The minimum atomic E-state index is -0.781. The third-order valence-corrected chi connectivity index (χ3v) is 1.80. The van der Waals surface area contributed by atoms with Gasteiger partial charge in [-0.25, -0.2) is 9.59 Å². The van der Waals surface area contributed by atoms with Crippen molar-refractivity contribution < 1.29 is 23.5 Å². The summed E-state index contributed by atoms with van der Waals surface area (Å²) in [5.41, 5.74) is -0.891. The Kier molecular flexibility index (Phi) is 4.45. The monoisotopic (exact) mass is 240 g/mol. The molecule has 0 aliphatic heterocycles. The molecule has 1 rings (SSSR count). The van der Waals surface area contributed by atoms with Crippen LogP contribution in [0, 0.1) is 0 Å². The van der Waals surface area contributed by atoms with Gasteiger partial charge in [0, 0.05) is 6.07 Å². The van der Waals surface area contributed by atoms with Crippen molar-refractivity contribution in [3.8, 4) is 0 Å². The highest BCUT2D eigenvalue weighted by atomic mass is 16.5. The first-order valence-electron chi connectivity index (χ1n) is 5.07. The van der Waals surface area contributed by atoms with E-state index in [1.165, 1.54) is 0 Å². The molecule has 0 saturated heterocycles. The van der Waals surface area contributed by atoms with E-state index in [9.17, 15) is 14.4 Å². The predicted octanol–water partition coefficient (Wildman–Crippen LogP) is 0.993. The van der Waals surface area contributed by atoms with Crippen LogP contribution in [0.1, 0.15) is 34.8 Å². The van der Waals surface area contributed by atoms with Crippen molar-refractivity contribution in [1.29, 1.82) is 0 Å². The van der Waals surface area contributed by atoms with Gasteiger partial charge in [-0.15, -0.1) is 0 Å². The van der Waals surface area contributed by atoms with Gasteiger partial charge in [-0.3, -0.25) is 4.79 Å². The summed E-state index contributed by atoms with van der Waals surface area (Å²) in [5, 5.41) is 0. The van der Waals surface area contributed by atoms with Gasteiger partial charge in [0.15, 0.2) is 5.43 Å². The van der Waals surface area contributed by atoms with Gasteiger partial charge in [0.2, 0.25) is 5.76 Å². The Morgan fingerprint density at radius 1 is 1.18 bits per heavy atom. The smallest absolute Gasteiger partial charge is 0.374 e. The zero-order valence-electron chi connectivity index (χ0n) is 9.52. The van der Waals surface area contributed by atoms with Crippen LogP contribution >= 0.6 is 0 Å². The van der Waals surface area contributed by atoms with Gasteiger partial charge in [0.05, 0.1) is 13.2 Å². The van der Waals surface area contributed by atoms with Crippen LogP contribution in [-0.2, 0) is 9.47 Å². The number of ether oxygens (including phenoxy) is 2. The lowest BCUT2D eigenvalue weighted by molar-refractivity contribution is 0.0473. The molecule has 0 amide bonds. The molecule has 0 atom stereocenters. The first kappa shape index (κ1) is 13.0. The lowest BCUT2D eigenvalue weighted by atomic mass is 10.2. The molecule has 1 heterocycles. The fourth-order valence-electron chi connectivity index (χ4n) is 1.08. The highest BCUT2D eigenvalue weighted by Gasteiger charge is 2.16.